The molecule has 0 radical (unpaired) electrons. The van der Waals surface area contributed by atoms with Crippen molar-refractivity contribution < 1.29 is 18.2 Å². The largest absolute Gasteiger partial charge is 0.455 e. The Labute approximate surface area is 144 Å². The number of nitrogens with one attached hydrogen (secondary N) is 1. The summed E-state index contributed by atoms with van der Waals surface area (Å²) in [6, 6.07) is 11.3. The summed E-state index contributed by atoms with van der Waals surface area (Å²) >= 11 is 0. The lowest BCUT2D eigenvalue weighted by molar-refractivity contribution is 0.0919. The Kier molecular flexibility index (Phi) is 7.21. The van der Waals surface area contributed by atoms with Crippen molar-refractivity contribution in [3.05, 3.63) is 59.0 Å². The summed E-state index contributed by atoms with van der Waals surface area (Å²) in [4.78, 5) is 11.9. The number of ether oxygens (including phenoxy) is 1. The SMILES string of the molecule is COCCCNC(=O)c1ccc(CS(=O)Cc2ccc(C)cc2)o1. The molecule has 0 fully saturated rings. The number of aryl methyl sites for hydroxylation is 1. The van der Waals surface area contributed by atoms with Crippen LogP contribution >= 0.6 is 0 Å². The number of methoxy groups -OCH3 is 1. The molecular formula is C18H23NO4S. The molecule has 0 bridgehead atoms. The van der Waals surface area contributed by atoms with Gasteiger partial charge in [0.15, 0.2) is 5.76 Å². The van der Waals surface area contributed by atoms with Crippen LogP contribution in [-0.2, 0) is 27.0 Å². The average Bonchev–Trinajstić information content (AvgIpc) is 3.02. The van der Waals surface area contributed by atoms with E-state index in [1.165, 1.54) is 5.56 Å². The molecule has 0 saturated heterocycles. The van der Waals surface area contributed by atoms with Gasteiger partial charge in [-0.3, -0.25) is 9.00 Å². The van der Waals surface area contributed by atoms with Crippen molar-refractivity contribution in [3.8, 4) is 0 Å². The molecule has 130 valence electrons. The van der Waals surface area contributed by atoms with Crippen LogP contribution in [0.4, 0.5) is 0 Å². The van der Waals surface area contributed by atoms with Gasteiger partial charge in [0, 0.05) is 36.8 Å². The summed E-state index contributed by atoms with van der Waals surface area (Å²) in [6.45, 7) is 3.15. The minimum atomic E-state index is -1.08. The van der Waals surface area contributed by atoms with Crippen molar-refractivity contribution in [3.63, 3.8) is 0 Å². The van der Waals surface area contributed by atoms with Gasteiger partial charge < -0.3 is 14.5 Å². The Morgan fingerprint density at radius 1 is 1.17 bits per heavy atom. The third-order valence-corrected chi connectivity index (χ3v) is 4.71. The summed E-state index contributed by atoms with van der Waals surface area (Å²) in [5, 5.41) is 2.76. The molecule has 2 aromatic rings. The second kappa shape index (κ2) is 9.39. The van der Waals surface area contributed by atoms with Crippen LogP contribution in [0.3, 0.4) is 0 Å². The Balaban J connectivity index is 1.83. The van der Waals surface area contributed by atoms with E-state index in [1.54, 1.807) is 19.2 Å². The molecule has 0 aliphatic rings. The second-order valence-corrected chi connectivity index (χ2v) is 7.04. The third-order valence-electron chi connectivity index (χ3n) is 3.45. The van der Waals surface area contributed by atoms with Crippen molar-refractivity contribution >= 4 is 16.7 Å². The second-order valence-electron chi connectivity index (χ2n) is 5.58. The summed E-state index contributed by atoms with van der Waals surface area (Å²) in [7, 11) is 0.544. The fraction of sp³-hybridized carbons (Fsp3) is 0.389. The van der Waals surface area contributed by atoms with Crippen LogP contribution in [0.15, 0.2) is 40.8 Å². The zero-order chi connectivity index (χ0) is 17.4. The predicted octanol–water partition coefficient (Wildman–Crippen LogP) is 2.80. The highest BCUT2D eigenvalue weighted by molar-refractivity contribution is 7.83. The van der Waals surface area contributed by atoms with Gasteiger partial charge in [-0.1, -0.05) is 29.8 Å². The monoisotopic (exact) mass is 349 g/mol. The zero-order valence-corrected chi connectivity index (χ0v) is 14.9. The third kappa shape index (κ3) is 5.94. The van der Waals surface area contributed by atoms with E-state index in [0.29, 0.717) is 30.4 Å². The molecule has 1 aromatic carbocycles. The normalized spacial score (nSPS) is 12.1. The maximum Gasteiger partial charge on any atom is 0.286 e. The Bertz CT molecular complexity index is 679. The molecule has 1 atom stereocenters. The first-order valence-electron chi connectivity index (χ1n) is 7.85. The summed E-state index contributed by atoms with van der Waals surface area (Å²) in [5.41, 5.74) is 2.21. The van der Waals surface area contributed by atoms with Crippen LogP contribution in [0.1, 0.15) is 33.9 Å². The average molecular weight is 349 g/mol. The van der Waals surface area contributed by atoms with Crippen LogP contribution in [0.5, 0.6) is 0 Å². The van der Waals surface area contributed by atoms with Gasteiger partial charge in [-0.15, -0.1) is 0 Å². The van der Waals surface area contributed by atoms with E-state index in [1.807, 2.05) is 31.2 Å². The topological polar surface area (TPSA) is 68.5 Å². The number of hydrogen-bond acceptors (Lipinski definition) is 4. The van der Waals surface area contributed by atoms with Crippen LogP contribution in [0, 0.1) is 6.92 Å². The highest BCUT2D eigenvalue weighted by Crippen LogP contribution is 2.13. The fourth-order valence-corrected chi connectivity index (χ4v) is 3.30. The minimum Gasteiger partial charge on any atom is -0.455 e. The van der Waals surface area contributed by atoms with Gasteiger partial charge in [-0.25, -0.2) is 0 Å². The smallest absolute Gasteiger partial charge is 0.286 e. The fourth-order valence-electron chi connectivity index (χ4n) is 2.16. The highest BCUT2D eigenvalue weighted by Gasteiger charge is 2.12. The lowest BCUT2D eigenvalue weighted by Crippen LogP contribution is -2.24. The van der Waals surface area contributed by atoms with Crippen molar-refractivity contribution in [2.75, 3.05) is 20.3 Å². The standard InChI is InChI=1S/C18H23NO4S/c1-14-4-6-15(7-5-14)12-24(21)13-16-8-9-17(23-16)18(20)19-10-3-11-22-2/h4-9H,3,10-13H2,1-2H3,(H,19,20). The van der Waals surface area contributed by atoms with Gasteiger partial charge in [0.05, 0.1) is 5.75 Å². The molecule has 1 N–H and O–H groups in total. The van der Waals surface area contributed by atoms with E-state index in [4.69, 9.17) is 9.15 Å². The molecule has 1 aromatic heterocycles. The van der Waals surface area contributed by atoms with Crippen LogP contribution < -0.4 is 5.32 Å². The van der Waals surface area contributed by atoms with Crippen LogP contribution in [-0.4, -0.2) is 30.4 Å². The first-order valence-corrected chi connectivity index (χ1v) is 9.33. The first-order chi connectivity index (χ1) is 11.6. The number of carbonyl (C=O) groups is 1. The Morgan fingerprint density at radius 3 is 2.62 bits per heavy atom. The predicted molar refractivity (Wildman–Crippen MR) is 94.3 cm³/mol. The van der Waals surface area contributed by atoms with Crippen molar-refractivity contribution in [2.45, 2.75) is 24.9 Å². The van der Waals surface area contributed by atoms with Crippen molar-refractivity contribution in [1.82, 2.24) is 5.32 Å². The molecular weight excluding hydrogens is 326 g/mol. The van der Waals surface area contributed by atoms with E-state index in [-0.39, 0.29) is 11.7 Å². The number of carbonyl (C=O) groups excluding carboxylic acids is 1. The molecule has 0 aliphatic carbocycles. The van der Waals surface area contributed by atoms with Gasteiger partial charge >= 0.3 is 0 Å². The maximum absolute atomic E-state index is 12.2. The Morgan fingerprint density at radius 2 is 1.92 bits per heavy atom. The van der Waals surface area contributed by atoms with E-state index >= 15 is 0 Å². The number of furan rings is 1. The van der Waals surface area contributed by atoms with Gasteiger partial charge in [-0.05, 0) is 31.0 Å². The molecule has 6 heteroatoms. The summed E-state index contributed by atoms with van der Waals surface area (Å²) < 4.78 is 22.6. The minimum absolute atomic E-state index is 0.245. The number of rotatable bonds is 9. The molecule has 2 rings (SSSR count). The lowest BCUT2D eigenvalue weighted by atomic mass is 10.2. The number of hydrogen-bond donors (Lipinski definition) is 1. The summed E-state index contributed by atoms with van der Waals surface area (Å²) in [5.74, 6) is 1.31. The molecule has 0 spiro atoms. The maximum atomic E-state index is 12.2. The van der Waals surface area contributed by atoms with Crippen molar-refractivity contribution in [2.24, 2.45) is 0 Å². The lowest BCUT2D eigenvalue weighted by Gasteiger charge is -2.03. The van der Waals surface area contributed by atoms with Crippen LogP contribution in [0.2, 0.25) is 0 Å². The molecule has 5 nitrogen and oxygen atoms in total. The molecule has 1 heterocycles. The molecule has 24 heavy (non-hydrogen) atoms. The number of amides is 1. The highest BCUT2D eigenvalue weighted by atomic mass is 32.2. The van der Waals surface area contributed by atoms with Gasteiger partial charge in [0.1, 0.15) is 5.76 Å². The zero-order valence-electron chi connectivity index (χ0n) is 14.0. The summed E-state index contributed by atoms with van der Waals surface area (Å²) in [6.07, 6.45) is 0.746. The van der Waals surface area contributed by atoms with E-state index in [0.717, 1.165) is 12.0 Å². The molecule has 1 unspecified atom stereocenters. The molecule has 1 amide bonds. The van der Waals surface area contributed by atoms with Crippen molar-refractivity contribution in [1.29, 1.82) is 0 Å². The van der Waals surface area contributed by atoms with E-state index in [9.17, 15) is 9.00 Å². The molecule has 0 saturated carbocycles. The van der Waals surface area contributed by atoms with E-state index in [2.05, 4.69) is 5.32 Å². The molecule has 0 aliphatic heterocycles. The van der Waals surface area contributed by atoms with E-state index < -0.39 is 10.8 Å². The van der Waals surface area contributed by atoms with Gasteiger partial charge in [-0.2, -0.15) is 0 Å². The van der Waals surface area contributed by atoms with Gasteiger partial charge in [0.25, 0.3) is 5.91 Å². The Hall–Kier alpha value is -1.92. The first kappa shape index (κ1) is 18.4. The van der Waals surface area contributed by atoms with Crippen LogP contribution in [0.25, 0.3) is 0 Å². The van der Waals surface area contributed by atoms with Gasteiger partial charge in [0.2, 0.25) is 0 Å². The quantitative estimate of drug-likeness (QED) is 0.707. The number of benzene rings is 1.